The van der Waals surface area contributed by atoms with Crippen LogP contribution < -0.4 is 11.4 Å². The molecule has 0 saturated carbocycles. The van der Waals surface area contributed by atoms with Crippen LogP contribution in [-0.2, 0) is 22.5 Å². The fraction of sp³-hybridized carbons (Fsp3) is 0.500. The summed E-state index contributed by atoms with van der Waals surface area (Å²) in [5.74, 6) is -0.610. The van der Waals surface area contributed by atoms with Crippen molar-refractivity contribution in [3.05, 3.63) is 26.5 Å². The summed E-state index contributed by atoms with van der Waals surface area (Å²) in [7, 11) is 0. The molecule has 6 nitrogen and oxygen atoms in total. The fourth-order valence-electron chi connectivity index (χ4n) is 1.63. The maximum atomic E-state index is 11.5. The van der Waals surface area contributed by atoms with Crippen molar-refractivity contribution in [3.63, 3.8) is 0 Å². The molecule has 17 heavy (non-hydrogen) atoms. The average molecular weight is 257 g/mol. The lowest BCUT2D eigenvalue weighted by molar-refractivity contribution is -0.144. The van der Waals surface area contributed by atoms with E-state index in [4.69, 9.17) is 4.74 Å². The highest BCUT2D eigenvalue weighted by molar-refractivity contribution is 7.99. The van der Waals surface area contributed by atoms with Crippen LogP contribution in [0.1, 0.15) is 12.5 Å². The first-order valence-corrected chi connectivity index (χ1v) is 6.17. The molecule has 0 atom stereocenters. The van der Waals surface area contributed by atoms with Crippen LogP contribution in [-0.4, -0.2) is 22.9 Å². The van der Waals surface area contributed by atoms with Crippen molar-refractivity contribution in [2.24, 2.45) is 0 Å². The number of hydrogen-bond donors (Lipinski definition) is 0. The molecule has 92 valence electrons. The minimum Gasteiger partial charge on any atom is -0.465 e. The summed E-state index contributed by atoms with van der Waals surface area (Å²) >= 11 is 1.38. The van der Waals surface area contributed by atoms with E-state index in [1.165, 1.54) is 11.8 Å². The van der Waals surface area contributed by atoms with E-state index in [0.717, 1.165) is 4.57 Å². The van der Waals surface area contributed by atoms with Gasteiger partial charge in [0, 0.05) is 5.75 Å². The third-order valence-corrected chi connectivity index (χ3v) is 3.48. The lowest BCUT2D eigenvalue weighted by atomic mass is 10.3. The summed E-state index contributed by atoms with van der Waals surface area (Å²) in [5, 5.41) is 0.527. The summed E-state index contributed by atoms with van der Waals surface area (Å²) in [6.45, 7) is 1.72. The molecule has 2 rings (SSSR count). The molecule has 1 aromatic rings. The minimum absolute atomic E-state index is 0.216. The van der Waals surface area contributed by atoms with Gasteiger partial charge in [-0.2, -0.15) is 0 Å². The number of thioether (sulfide) groups is 1. The van der Waals surface area contributed by atoms with Crippen LogP contribution in [0.15, 0.2) is 19.0 Å². The Morgan fingerprint density at radius 2 is 2.29 bits per heavy atom. The van der Waals surface area contributed by atoms with Crippen LogP contribution in [0.2, 0.25) is 0 Å². The average Bonchev–Trinajstić information content (AvgIpc) is 2.73. The Labute approximate surface area is 101 Å². The molecule has 2 heterocycles. The number of carbonyl (C=O) groups is 1. The van der Waals surface area contributed by atoms with Crippen molar-refractivity contribution >= 4 is 17.7 Å². The van der Waals surface area contributed by atoms with Crippen LogP contribution in [0.5, 0.6) is 0 Å². The van der Waals surface area contributed by atoms with Gasteiger partial charge in [-0.1, -0.05) is 0 Å². The zero-order valence-electron chi connectivity index (χ0n) is 9.23. The number of aromatic nitrogens is 1. The van der Waals surface area contributed by atoms with Gasteiger partial charge in [-0.25, -0.2) is 9.59 Å². The molecule has 0 saturated heterocycles. The predicted octanol–water partition coefficient (Wildman–Crippen LogP) is 0.0128. The smallest absolute Gasteiger partial charge is 0.423 e. The largest absolute Gasteiger partial charge is 0.465 e. The summed E-state index contributed by atoms with van der Waals surface area (Å²) in [5.41, 5.74) is -0.131. The van der Waals surface area contributed by atoms with Gasteiger partial charge in [-0.05, 0) is 13.3 Å². The van der Waals surface area contributed by atoms with Crippen LogP contribution in [0.25, 0.3) is 0 Å². The highest BCUT2D eigenvalue weighted by Crippen LogP contribution is 2.27. The first kappa shape index (κ1) is 12.0. The highest BCUT2D eigenvalue weighted by atomic mass is 32.2. The topological polar surface area (TPSA) is 78.5 Å². The number of carbonyl (C=O) groups excluding carboxylic acids is 1. The Morgan fingerprint density at radius 3 is 3.00 bits per heavy atom. The van der Waals surface area contributed by atoms with Crippen molar-refractivity contribution in [2.45, 2.75) is 24.9 Å². The van der Waals surface area contributed by atoms with Crippen molar-refractivity contribution in [3.8, 4) is 0 Å². The van der Waals surface area contributed by atoms with Gasteiger partial charge in [0.05, 0.1) is 17.2 Å². The molecule has 1 aromatic heterocycles. The Bertz CT molecular complexity index is 559. The lowest BCUT2D eigenvalue weighted by Gasteiger charge is -2.08. The minimum atomic E-state index is -0.809. The molecule has 0 radical (unpaired) electrons. The second-order valence-electron chi connectivity index (χ2n) is 3.43. The second-order valence-corrected chi connectivity index (χ2v) is 4.51. The number of hydrogen-bond acceptors (Lipinski definition) is 6. The highest BCUT2D eigenvalue weighted by Gasteiger charge is 2.23. The number of esters is 1. The first-order valence-electron chi connectivity index (χ1n) is 5.18. The Balaban J connectivity index is 2.41. The summed E-state index contributed by atoms with van der Waals surface area (Å²) in [6.07, 6.45) is 0.561. The van der Waals surface area contributed by atoms with Crippen molar-refractivity contribution in [2.75, 3.05) is 12.4 Å². The number of fused-ring (bicyclic) bond motifs is 1. The molecule has 1 aliphatic heterocycles. The van der Waals surface area contributed by atoms with Gasteiger partial charge in [0.1, 0.15) is 6.54 Å². The monoisotopic (exact) mass is 257 g/mol. The van der Waals surface area contributed by atoms with E-state index in [1.54, 1.807) is 6.92 Å². The van der Waals surface area contributed by atoms with Crippen molar-refractivity contribution < 1.29 is 13.9 Å². The molecule has 0 amide bonds. The maximum Gasteiger partial charge on any atom is 0.423 e. The molecule has 7 heteroatoms. The Kier molecular flexibility index (Phi) is 3.37. The number of nitrogens with zero attached hydrogens (tertiary/aromatic N) is 1. The van der Waals surface area contributed by atoms with E-state index in [-0.39, 0.29) is 13.2 Å². The quantitative estimate of drug-likeness (QED) is 0.710. The zero-order valence-corrected chi connectivity index (χ0v) is 10.0. The molecule has 0 aromatic carbocycles. The third-order valence-electron chi connectivity index (χ3n) is 2.33. The van der Waals surface area contributed by atoms with Gasteiger partial charge in [0.25, 0.3) is 0 Å². The van der Waals surface area contributed by atoms with Gasteiger partial charge in [0.15, 0.2) is 0 Å². The lowest BCUT2D eigenvalue weighted by Crippen LogP contribution is -2.30. The predicted molar refractivity (Wildman–Crippen MR) is 60.3 cm³/mol. The molecule has 0 N–H and O–H groups in total. The molecule has 0 aliphatic carbocycles. The van der Waals surface area contributed by atoms with Gasteiger partial charge in [-0.3, -0.25) is 9.36 Å². The van der Waals surface area contributed by atoms with E-state index >= 15 is 0 Å². The van der Waals surface area contributed by atoms with Gasteiger partial charge < -0.3 is 9.15 Å². The van der Waals surface area contributed by atoms with Crippen LogP contribution in [0, 0.1) is 0 Å². The Hall–Kier alpha value is -1.50. The number of ether oxygens (including phenoxy) is 1. The SMILES string of the molecule is CCOC(=O)Cn1c2c(c(=O)oc1=O)CCS2. The van der Waals surface area contributed by atoms with Gasteiger partial charge in [-0.15, -0.1) is 11.8 Å². The molecule has 0 bridgehead atoms. The molecule has 1 aliphatic rings. The first-order chi connectivity index (χ1) is 8.13. The Morgan fingerprint density at radius 1 is 1.53 bits per heavy atom. The van der Waals surface area contributed by atoms with E-state index < -0.39 is 17.4 Å². The fourth-order valence-corrected chi connectivity index (χ4v) is 2.78. The van der Waals surface area contributed by atoms with E-state index in [1.807, 2.05) is 0 Å². The van der Waals surface area contributed by atoms with Crippen LogP contribution in [0.4, 0.5) is 0 Å². The molecule has 0 spiro atoms. The van der Waals surface area contributed by atoms with E-state index in [0.29, 0.717) is 22.8 Å². The van der Waals surface area contributed by atoms with Crippen molar-refractivity contribution in [1.82, 2.24) is 4.57 Å². The normalized spacial score (nSPS) is 13.5. The zero-order chi connectivity index (χ0) is 12.4. The van der Waals surface area contributed by atoms with E-state index in [9.17, 15) is 14.4 Å². The molecular formula is C10H11NO5S. The molecular weight excluding hydrogens is 246 g/mol. The molecule has 0 unspecified atom stereocenters. The van der Waals surface area contributed by atoms with Gasteiger partial charge >= 0.3 is 17.4 Å². The van der Waals surface area contributed by atoms with Crippen LogP contribution in [0.3, 0.4) is 0 Å². The second kappa shape index (κ2) is 4.79. The summed E-state index contributed by atoms with van der Waals surface area (Å²) < 4.78 is 10.5. The van der Waals surface area contributed by atoms with E-state index in [2.05, 4.69) is 4.42 Å². The summed E-state index contributed by atoms with van der Waals surface area (Å²) in [4.78, 5) is 34.2. The maximum absolute atomic E-state index is 11.5. The summed E-state index contributed by atoms with van der Waals surface area (Å²) in [6, 6.07) is 0. The third kappa shape index (κ3) is 2.28. The number of rotatable bonds is 3. The molecule has 0 fully saturated rings. The van der Waals surface area contributed by atoms with Crippen molar-refractivity contribution in [1.29, 1.82) is 0 Å². The van der Waals surface area contributed by atoms with Gasteiger partial charge in [0.2, 0.25) is 0 Å². The standard InChI is InChI=1S/C10H11NO5S/c1-2-15-7(12)5-11-8-6(3-4-17-8)9(13)16-10(11)14/h2-5H2,1H3. The van der Waals surface area contributed by atoms with Crippen LogP contribution >= 0.6 is 11.8 Å².